The summed E-state index contributed by atoms with van der Waals surface area (Å²) in [7, 11) is 1.65. The van der Waals surface area contributed by atoms with Crippen LogP contribution >= 0.6 is 15.9 Å². The molecule has 1 aromatic heterocycles. The van der Waals surface area contributed by atoms with Gasteiger partial charge in [0.05, 0.1) is 0 Å². The van der Waals surface area contributed by atoms with Crippen molar-refractivity contribution in [3.8, 4) is 0 Å². The number of amides is 1. The van der Waals surface area contributed by atoms with Crippen LogP contribution in [0, 0.1) is 0 Å². The van der Waals surface area contributed by atoms with Crippen molar-refractivity contribution in [1.82, 2.24) is 15.0 Å². The van der Waals surface area contributed by atoms with E-state index in [4.69, 9.17) is 5.73 Å². The Bertz CT molecular complexity index is 903. The van der Waals surface area contributed by atoms with E-state index in [0.717, 1.165) is 15.8 Å². The Kier molecular flexibility index (Phi) is 4.90. The number of nitrogen functional groups attached to an aromatic ring is 1. The number of rotatable bonds is 4. The van der Waals surface area contributed by atoms with E-state index in [1.165, 1.54) is 4.90 Å². The predicted molar refractivity (Wildman–Crippen MR) is 101 cm³/mol. The van der Waals surface area contributed by atoms with Crippen molar-refractivity contribution in [3.63, 3.8) is 0 Å². The lowest BCUT2D eigenvalue weighted by Gasteiger charge is -2.16. The van der Waals surface area contributed by atoms with E-state index in [1.54, 1.807) is 7.05 Å². The van der Waals surface area contributed by atoms with Gasteiger partial charge in [0.2, 0.25) is 17.7 Å². The van der Waals surface area contributed by atoms with Gasteiger partial charge in [-0.1, -0.05) is 40.2 Å². The Labute approximate surface area is 153 Å². The second-order valence-electron chi connectivity index (χ2n) is 5.18. The molecule has 126 valence electrons. The number of para-hydroxylation sites is 1. The highest BCUT2D eigenvalue weighted by Crippen LogP contribution is 2.19. The smallest absolute Gasteiger partial charge is 0.296 e. The van der Waals surface area contributed by atoms with Crippen molar-refractivity contribution >= 4 is 45.1 Å². The number of nitrogens with one attached hydrogen (secondary N) is 1. The molecule has 0 aliphatic carbocycles. The summed E-state index contributed by atoms with van der Waals surface area (Å²) < 4.78 is 0.902. The van der Waals surface area contributed by atoms with Crippen LogP contribution in [0.25, 0.3) is 0 Å². The molecule has 3 N–H and O–H groups in total. The maximum Gasteiger partial charge on any atom is 0.296 e. The van der Waals surface area contributed by atoms with Crippen molar-refractivity contribution in [3.05, 3.63) is 64.9 Å². The van der Waals surface area contributed by atoms with Crippen molar-refractivity contribution < 1.29 is 4.79 Å². The quantitative estimate of drug-likeness (QED) is 0.699. The number of halogens is 1. The summed E-state index contributed by atoms with van der Waals surface area (Å²) in [5.74, 6) is -0.235. The first-order chi connectivity index (χ1) is 12.0. The van der Waals surface area contributed by atoms with E-state index in [0.29, 0.717) is 0 Å². The number of aromatic nitrogens is 3. The van der Waals surface area contributed by atoms with Gasteiger partial charge >= 0.3 is 0 Å². The minimum atomic E-state index is -0.377. The van der Waals surface area contributed by atoms with E-state index >= 15 is 0 Å². The highest BCUT2D eigenvalue weighted by Gasteiger charge is 2.18. The van der Waals surface area contributed by atoms with Gasteiger partial charge in [0.25, 0.3) is 5.91 Å². The first-order valence-electron chi connectivity index (χ1n) is 7.40. The van der Waals surface area contributed by atoms with Crippen LogP contribution in [-0.2, 0) is 0 Å². The molecular weight excluding hydrogens is 384 g/mol. The maximum atomic E-state index is 12.6. The fourth-order valence-corrected chi connectivity index (χ4v) is 2.56. The molecule has 8 heteroatoms. The van der Waals surface area contributed by atoms with Crippen molar-refractivity contribution in [1.29, 1.82) is 0 Å². The Morgan fingerprint density at radius 2 is 1.84 bits per heavy atom. The van der Waals surface area contributed by atoms with Gasteiger partial charge in [0, 0.05) is 22.9 Å². The topological polar surface area (TPSA) is 97.0 Å². The molecule has 0 spiro atoms. The Morgan fingerprint density at radius 3 is 2.56 bits per heavy atom. The second-order valence-corrected chi connectivity index (χ2v) is 6.09. The highest BCUT2D eigenvalue weighted by molar-refractivity contribution is 9.10. The lowest BCUT2D eigenvalue weighted by molar-refractivity contribution is 0.0983. The molecule has 25 heavy (non-hydrogen) atoms. The van der Waals surface area contributed by atoms with E-state index < -0.39 is 0 Å². The minimum Gasteiger partial charge on any atom is -0.368 e. The molecule has 3 aromatic rings. The van der Waals surface area contributed by atoms with Gasteiger partial charge in [-0.05, 0) is 30.3 Å². The third kappa shape index (κ3) is 4.10. The first kappa shape index (κ1) is 16.8. The number of anilines is 4. The summed E-state index contributed by atoms with van der Waals surface area (Å²) >= 11 is 3.39. The minimum absolute atomic E-state index is 0.0303. The normalized spacial score (nSPS) is 10.3. The van der Waals surface area contributed by atoms with Crippen LogP contribution in [0.15, 0.2) is 59.1 Å². The molecule has 0 radical (unpaired) electrons. The molecule has 1 heterocycles. The number of hydrogen-bond acceptors (Lipinski definition) is 6. The summed E-state index contributed by atoms with van der Waals surface area (Å²) in [5, 5.41) is 3.02. The van der Waals surface area contributed by atoms with E-state index in [2.05, 4.69) is 36.2 Å². The van der Waals surface area contributed by atoms with Gasteiger partial charge in [0.15, 0.2) is 0 Å². The lowest BCUT2D eigenvalue weighted by atomic mass is 10.3. The van der Waals surface area contributed by atoms with Gasteiger partial charge in [-0.2, -0.15) is 15.0 Å². The number of carbonyl (C=O) groups excluding carboxylic acids is 1. The first-order valence-corrected chi connectivity index (χ1v) is 8.19. The zero-order valence-electron chi connectivity index (χ0n) is 13.3. The lowest BCUT2D eigenvalue weighted by Crippen LogP contribution is -2.28. The van der Waals surface area contributed by atoms with Crippen molar-refractivity contribution in [2.24, 2.45) is 0 Å². The number of benzene rings is 2. The van der Waals surface area contributed by atoms with Crippen molar-refractivity contribution in [2.75, 3.05) is 23.0 Å². The molecule has 0 unspecified atom stereocenters. The molecule has 0 saturated heterocycles. The Hall–Kier alpha value is -3.00. The van der Waals surface area contributed by atoms with Crippen LogP contribution in [0.4, 0.5) is 23.3 Å². The molecule has 1 amide bonds. The van der Waals surface area contributed by atoms with Crippen LogP contribution in [0.2, 0.25) is 0 Å². The molecule has 7 nitrogen and oxygen atoms in total. The molecule has 0 saturated carbocycles. The Balaban J connectivity index is 1.87. The zero-order valence-corrected chi connectivity index (χ0v) is 14.9. The summed E-state index contributed by atoms with van der Waals surface area (Å²) in [6.07, 6.45) is 0. The van der Waals surface area contributed by atoms with Gasteiger partial charge in [-0.3, -0.25) is 4.79 Å². The van der Waals surface area contributed by atoms with E-state index in [-0.39, 0.29) is 23.6 Å². The van der Waals surface area contributed by atoms with Crippen molar-refractivity contribution in [2.45, 2.75) is 0 Å². The van der Waals surface area contributed by atoms with Crippen LogP contribution in [0.1, 0.15) is 10.6 Å². The monoisotopic (exact) mass is 398 g/mol. The van der Waals surface area contributed by atoms with Crippen LogP contribution < -0.4 is 16.0 Å². The predicted octanol–water partition coefficient (Wildman–Crippen LogP) is 3.24. The molecule has 0 bridgehead atoms. The highest BCUT2D eigenvalue weighted by atomic mass is 79.9. The van der Waals surface area contributed by atoms with E-state index in [1.807, 2.05) is 54.6 Å². The number of nitrogens with two attached hydrogens (primary N) is 1. The zero-order chi connectivity index (χ0) is 17.8. The number of hydrogen-bond donors (Lipinski definition) is 2. The largest absolute Gasteiger partial charge is 0.368 e. The average molecular weight is 399 g/mol. The molecule has 3 rings (SSSR count). The standard InChI is InChI=1S/C17H15BrN6O/c1-24(13-8-3-2-4-9-13)15(25)14-21-16(19)23-17(22-14)20-12-7-5-6-11(18)10-12/h2-10H,1H3,(H3,19,20,21,22,23). The molecule has 2 aromatic carbocycles. The van der Waals surface area contributed by atoms with Crippen LogP contribution in [0.3, 0.4) is 0 Å². The third-order valence-corrected chi connectivity index (χ3v) is 3.87. The summed E-state index contributed by atoms with van der Waals surface area (Å²) in [6.45, 7) is 0. The van der Waals surface area contributed by atoms with Crippen LogP contribution in [0.5, 0.6) is 0 Å². The van der Waals surface area contributed by atoms with Gasteiger partial charge in [-0.25, -0.2) is 0 Å². The molecule has 0 atom stereocenters. The summed E-state index contributed by atoms with van der Waals surface area (Å²) in [4.78, 5) is 26.3. The van der Waals surface area contributed by atoms with Gasteiger partial charge in [0.1, 0.15) is 0 Å². The molecule has 0 aliphatic heterocycles. The van der Waals surface area contributed by atoms with Gasteiger partial charge in [-0.15, -0.1) is 0 Å². The number of nitrogens with zero attached hydrogens (tertiary/aromatic N) is 4. The summed E-state index contributed by atoms with van der Waals surface area (Å²) in [6, 6.07) is 16.7. The summed E-state index contributed by atoms with van der Waals surface area (Å²) in [5.41, 5.74) is 7.23. The third-order valence-electron chi connectivity index (χ3n) is 3.37. The average Bonchev–Trinajstić information content (AvgIpc) is 2.60. The fraction of sp³-hybridized carbons (Fsp3) is 0.0588. The molecule has 0 fully saturated rings. The molecule has 0 aliphatic rings. The SMILES string of the molecule is CN(C(=O)c1nc(N)nc(Nc2cccc(Br)c2)n1)c1ccccc1. The Morgan fingerprint density at radius 1 is 1.08 bits per heavy atom. The maximum absolute atomic E-state index is 12.6. The number of carbonyl (C=O) groups is 1. The van der Waals surface area contributed by atoms with Gasteiger partial charge < -0.3 is 16.0 Å². The second kappa shape index (κ2) is 7.27. The fourth-order valence-electron chi connectivity index (χ4n) is 2.16. The molecular formula is C17H15BrN6O. The van der Waals surface area contributed by atoms with E-state index in [9.17, 15) is 4.79 Å². The van der Waals surface area contributed by atoms with Crippen LogP contribution in [-0.4, -0.2) is 27.9 Å².